The zero-order chi connectivity index (χ0) is 25.3. The molecule has 0 amide bonds. The van der Waals surface area contributed by atoms with E-state index in [0.29, 0.717) is 11.4 Å². The smallest absolute Gasteiger partial charge is 0.226 e. The first kappa shape index (κ1) is 25.3. The molecule has 9 nitrogen and oxygen atoms in total. The monoisotopic (exact) mass is 530 g/mol. The molecule has 5 heterocycles. The number of anilines is 1. The lowest BCUT2D eigenvalue weighted by Crippen LogP contribution is -2.43. The molecular weight excluding hydrogens is 496 g/mol. The Balaban J connectivity index is 1.59. The molecule has 0 aromatic carbocycles. The van der Waals surface area contributed by atoms with E-state index in [9.17, 15) is 8.42 Å². The van der Waals surface area contributed by atoms with Crippen molar-refractivity contribution in [1.82, 2.24) is 24.8 Å². The minimum absolute atomic E-state index is 0.136. The molecule has 0 spiro atoms. The fourth-order valence-electron chi connectivity index (χ4n) is 4.94. The summed E-state index contributed by atoms with van der Waals surface area (Å²) in [5.74, 6) is 0.937. The van der Waals surface area contributed by atoms with Crippen LogP contribution in [0.3, 0.4) is 0 Å². The fourth-order valence-corrected chi connectivity index (χ4v) is 6.72. The Labute approximate surface area is 217 Å². The van der Waals surface area contributed by atoms with Crippen LogP contribution in [0.4, 0.5) is 5.95 Å². The van der Waals surface area contributed by atoms with Crippen LogP contribution in [-0.2, 0) is 22.1 Å². The molecule has 0 aliphatic carbocycles. The molecule has 0 atom stereocenters. The number of piperazine rings is 1. The largest absolute Gasteiger partial charge is 0.481 e. The second-order valence-electron chi connectivity index (χ2n) is 9.90. The van der Waals surface area contributed by atoms with E-state index >= 15 is 0 Å². The van der Waals surface area contributed by atoms with Gasteiger partial charge in [0.05, 0.1) is 28.8 Å². The first-order chi connectivity index (χ1) is 17.3. The van der Waals surface area contributed by atoms with Crippen LogP contribution in [0.15, 0.2) is 17.6 Å². The van der Waals surface area contributed by atoms with Gasteiger partial charge < -0.3 is 14.5 Å². The summed E-state index contributed by atoms with van der Waals surface area (Å²) in [6, 6.07) is 1.86. The number of piperidine rings is 1. The molecule has 36 heavy (non-hydrogen) atoms. The molecule has 0 bridgehead atoms. The first-order valence-corrected chi connectivity index (χ1v) is 15.4. The highest BCUT2D eigenvalue weighted by molar-refractivity contribution is 7.89. The fraction of sp³-hybridized carbons (Fsp3) is 0.560. The van der Waals surface area contributed by atoms with Gasteiger partial charge in [0.15, 0.2) is 9.84 Å². The lowest BCUT2D eigenvalue weighted by molar-refractivity contribution is 0.148. The van der Waals surface area contributed by atoms with Crippen molar-refractivity contribution in [2.24, 2.45) is 0 Å². The lowest BCUT2D eigenvalue weighted by Gasteiger charge is -2.32. The predicted molar refractivity (Wildman–Crippen MR) is 145 cm³/mol. The molecule has 3 aromatic rings. The number of hydrogen-bond donors (Lipinski definition) is 0. The van der Waals surface area contributed by atoms with Crippen LogP contribution in [0.2, 0.25) is 0 Å². The molecule has 2 aliphatic rings. The maximum atomic E-state index is 12.1. The number of fused-ring (bicyclic) bond motifs is 1. The van der Waals surface area contributed by atoms with Crippen molar-refractivity contribution in [3.63, 3.8) is 0 Å². The summed E-state index contributed by atoms with van der Waals surface area (Å²) in [4.78, 5) is 21.7. The molecule has 2 saturated heterocycles. The number of nitrogens with zero attached hydrogens (tertiary/aromatic N) is 6. The van der Waals surface area contributed by atoms with Crippen LogP contribution in [-0.4, -0.2) is 92.9 Å². The summed E-state index contributed by atoms with van der Waals surface area (Å²) in [6.07, 6.45) is 6.46. The van der Waals surface area contributed by atoms with Gasteiger partial charge in [0.25, 0.3) is 0 Å². The Bertz CT molecular complexity index is 1330. The summed E-state index contributed by atoms with van der Waals surface area (Å²) in [6.45, 7) is 6.99. The van der Waals surface area contributed by atoms with Crippen molar-refractivity contribution in [3.05, 3.63) is 28.8 Å². The summed E-state index contributed by atoms with van der Waals surface area (Å²) in [5, 5.41) is 2.20. The van der Waals surface area contributed by atoms with Gasteiger partial charge in [-0.05, 0) is 37.8 Å². The highest BCUT2D eigenvalue weighted by atomic mass is 32.2. The zero-order valence-corrected chi connectivity index (χ0v) is 22.9. The lowest BCUT2D eigenvalue weighted by atomic mass is 10.1. The standard InChI is InChI=1S/C25H34N6O3S2/c1-29-9-11-30(12-10-29)15-20-16-35-23-21(27-25(28-22(20)23)31-7-5-4-6-8-31)18-13-19(17-36(3,32)33)24(34-2)26-14-18/h13-14,16H,4-12,15,17H2,1-3H3. The normalized spacial score (nSPS) is 18.1. The average Bonchev–Trinajstić information content (AvgIpc) is 3.27. The summed E-state index contributed by atoms with van der Waals surface area (Å²) in [5.41, 5.74) is 4.34. The Kier molecular flexibility index (Phi) is 7.43. The molecule has 0 unspecified atom stereocenters. The number of aromatic nitrogens is 3. The van der Waals surface area contributed by atoms with Gasteiger partial charge in [0.1, 0.15) is 0 Å². The third kappa shape index (κ3) is 5.64. The van der Waals surface area contributed by atoms with E-state index in [1.807, 2.05) is 6.07 Å². The number of likely N-dealkylation sites (N-methyl/N-ethyl adjacent to an activating group) is 1. The van der Waals surface area contributed by atoms with Crippen LogP contribution >= 0.6 is 11.3 Å². The Morgan fingerprint density at radius 3 is 2.47 bits per heavy atom. The highest BCUT2D eigenvalue weighted by Crippen LogP contribution is 2.36. The van der Waals surface area contributed by atoms with Crippen LogP contribution in [0, 0.1) is 0 Å². The van der Waals surface area contributed by atoms with Crippen molar-refractivity contribution in [2.75, 3.05) is 64.6 Å². The van der Waals surface area contributed by atoms with Crippen molar-refractivity contribution in [2.45, 2.75) is 31.6 Å². The maximum Gasteiger partial charge on any atom is 0.226 e. The van der Waals surface area contributed by atoms with Gasteiger partial charge in [-0.2, -0.15) is 0 Å². The second-order valence-corrected chi connectivity index (χ2v) is 12.9. The average molecular weight is 531 g/mol. The molecule has 2 fully saturated rings. The first-order valence-electron chi connectivity index (χ1n) is 12.5. The number of hydrogen-bond acceptors (Lipinski definition) is 10. The molecular formula is C25H34N6O3S2. The summed E-state index contributed by atoms with van der Waals surface area (Å²) < 4.78 is 30.5. The number of pyridine rings is 1. The van der Waals surface area contributed by atoms with Crippen LogP contribution in [0.25, 0.3) is 21.5 Å². The number of ether oxygens (including phenoxy) is 1. The molecule has 11 heteroatoms. The SMILES string of the molecule is COc1ncc(-c2nc(N3CCCCC3)nc3c(CN4CCN(C)CC4)csc23)cc1CS(C)(=O)=O. The van der Waals surface area contributed by atoms with Gasteiger partial charge in [0, 0.05) is 75.0 Å². The van der Waals surface area contributed by atoms with Gasteiger partial charge in [-0.3, -0.25) is 4.90 Å². The minimum Gasteiger partial charge on any atom is -0.481 e. The maximum absolute atomic E-state index is 12.1. The molecule has 3 aromatic heterocycles. The Hall–Kier alpha value is -2.34. The molecule has 5 rings (SSSR count). The number of sulfone groups is 1. The van der Waals surface area contributed by atoms with Crippen LogP contribution < -0.4 is 9.64 Å². The van der Waals surface area contributed by atoms with Gasteiger partial charge in [0.2, 0.25) is 11.8 Å². The molecule has 0 saturated carbocycles. The molecule has 0 radical (unpaired) electrons. The van der Waals surface area contributed by atoms with E-state index in [-0.39, 0.29) is 5.75 Å². The van der Waals surface area contributed by atoms with Crippen molar-refractivity contribution in [3.8, 4) is 17.1 Å². The van der Waals surface area contributed by atoms with Crippen molar-refractivity contribution < 1.29 is 13.2 Å². The van der Waals surface area contributed by atoms with E-state index in [2.05, 4.69) is 32.1 Å². The molecule has 0 N–H and O–H groups in total. The second kappa shape index (κ2) is 10.6. The van der Waals surface area contributed by atoms with Gasteiger partial charge in [-0.15, -0.1) is 11.3 Å². The summed E-state index contributed by atoms with van der Waals surface area (Å²) in [7, 11) is 0.418. The zero-order valence-electron chi connectivity index (χ0n) is 21.2. The van der Waals surface area contributed by atoms with E-state index < -0.39 is 9.84 Å². The number of rotatable bonds is 7. The van der Waals surface area contributed by atoms with Crippen LogP contribution in [0.1, 0.15) is 30.4 Å². The van der Waals surface area contributed by atoms with E-state index in [0.717, 1.165) is 86.1 Å². The Morgan fingerprint density at radius 2 is 1.78 bits per heavy atom. The topological polar surface area (TPSA) is 91.8 Å². The van der Waals surface area contributed by atoms with Crippen molar-refractivity contribution in [1.29, 1.82) is 0 Å². The van der Waals surface area contributed by atoms with Gasteiger partial charge in [-0.25, -0.2) is 23.4 Å². The molecule has 194 valence electrons. The van der Waals surface area contributed by atoms with Crippen LogP contribution in [0.5, 0.6) is 5.88 Å². The highest BCUT2D eigenvalue weighted by Gasteiger charge is 2.23. The van der Waals surface area contributed by atoms with E-state index in [1.165, 1.54) is 25.3 Å². The number of thiophene rings is 1. The van der Waals surface area contributed by atoms with Crippen molar-refractivity contribution >= 4 is 37.3 Å². The Morgan fingerprint density at radius 1 is 1.03 bits per heavy atom. The van der Waals surface area contributed by atoms with E-state index in [4.69, 9.17) is 14.7 Å². The van der Waals surface area contributed by atoms with E-state index in [1.54, 1.807) is 17.5 Å². The van der Waals surface area contributed by atoms with Gasteiger partial charge in [-0.1, -0.05) is 0 Å². The summed E-state index contributed by atoms with van der Waals surface area (Å²) >= 11 is 1.65. The minimum atomic E-state index is -3.26. The number of methoxy groups -OCH3 is 1. The third-order valence-corrected chi connectivity index (χ3v) is 8.78. The quantitative estimate of drug-likeness (QED) is 0.457. The third-order valence-electron chi connectivity index (χ3n) is 6.92. The van der Waals surface area contributed by atoms with Gasteiger partial charge >= 0.3 is 0 Å². The predicted octanol–water partition coefficient (Wildman–Crippen LogP) is 3.04. The molecule has 2 aliphatic heterocycles.